The third kappa shape index (κ3) is 3.88. The molecule has 18 heavy (non-hydrogen) atoms. The van der Waals surface area contributed by atoms with Gasteiger partial charge in [0.25, 0.3) is 0 Å². The Kier molecular flexibility index (Phi) is 5.36. The van der Waals surface area contributed by atoms with Crippen molar-refractivity contribution >= 4 is 17.2 Å². The van der Waals surface area contributed by atoms with Gasteiger partial charge in [-0.05, 0) is 25.7 Å². The van der Waals surface area contributed by atoms with Gasteiger partial charge < -0.3 is 10.5 Å². The van der Waals surface area contributed by atoms with E-state index in [1.807, 2.05) is 7.11 Å². The second kappa shape index (κ2) is 6.80. The molecule has 2 fully saturated rings. The predicted molar refractivity (Wildman–Crippen MR) is 77.9 cm³/mol. The average molecular weight is 271 g/mol. The molecule has 104 valence electrons. The van der Waals surface area contributed by atoms with Crippen molar-refractivity contribution < 1.29 is 4.74 Å². The molecule has 2 unspecified atom stereocenters. The summed E-state index contributed by atoms with van der Waals surface area (Å²) in [5.74, 6) is 0. The molecular weight excluding hydrogens is 246 g/mol. The fourth-order valence-electron chi connectivity index (χ4n) is 3.17. The van der Waals surface area contributed by atoms with Crippen molar-refractivity contribution in [2.75, 3.05) is 39.8 Å². The largest absolute Gasteiger partial charge is 0.392 e. The standard InChI is InChI=1S/C13H25N3OS/c1-17-12-4-2-3-11(9-12)16-7-5-15(6-8-16)10-13(14)18/h11-12H,2-10H2,1H3,(H2,14,18). The highest BCUT2D eigenvalue weighted by atomic mass is 32.1. The summed E-state index contributed by atoms with van der Waals surface area (Å²) in [6, 6.07) is 0.718. The van der Waals surface area contributed by atoms with Gasteiger partial charge in [-0.25, -0.2) is 0 Å². The third-order valence-electron chi connectivity index (χ3n) is 4.23. The average Bonchev–Trinajstić information content (AvgIpc) is 2.39. The van der Waals surface area contributed by atoms with Crippen molar-refractivity contribution in [3.63, 3.8) is 0 Å². The number of nitrogens with two attached hydrogens (primary N) is 1. The van der Waals surface area contributed by atoms with E-state index in [-0.39, 0.29) is 0 Å². The highest BCUT2D eigenvalue weighted by Gasteiger charge is 2.28. The zero-order chi connectivity index (χ0) is 13.0. The minimum Gasteiger partial charge on any atom is -0.392 e. The van der Waals surface area contributed by atoms with Crippen LogP contribution in [0.1, 0.15) is 25.7 Å². The Labute approximate surface area is 115 Å². The first-order valence-electron chi connectivity index (χ1n) is 6.96. The van der Waals surface area contributed by atoms with Gasteiger partial charge in [0.05, 0.1) is 11.1 Å². The van der Waals surface area contributed by atoms with Crippen LogP contribution in [0.25, 0.3) is 0 Å². The number of methoxy groups -OCH3 is 1. The summed E-state index contributed by atoms with van der Waals surface area (Å²) >= 11 is 4.97. The normalized spacial score (nSPS) is 31.4. The van der Waals surface area contributed by atoms with Gasteiger partial charge in [-0.2, -0.15) is 0 Å². The Morgan fingerprint density at radius 1 is 1.28 bits per heavy atom. The van der Waals surface area contributed by atoms with Crippen molar-refractivity contribution in [3.8, 4) is 0 Å². The van der Waals surface area contributed by atoms with Gasteiger partial charge in [-0.3, -0.25) is 9.80 Å². The zero-order valence-corrected chi connectivity index (χ0v) is 12.1. The first kappa shape index (κ1) is 14.2. The molecule has 1 heterocycles. The van der Waals surface area contributed by atoms with E-state index in [0.717, 1.165) is 38.8 Å². The molecule has 0 radical (unpaired) electrons. The first-order valence-corrected chi connectivity index (χ1v) is 7.37. The SMILES string of the molecule is COC1CCCC(N2CCN(CC(N)=S)CC2)C1. The molecular formula is C13H25N3OS. The molecule has 2 rings (SSSR count). The number of hydrogen-bond donors (Lipinski definition) is 1. The van der Waals surface area contributed by atoms with Crippen LogP contribution in [-0.2, 0) is 4.74 Å². The van der Waals surface area contributed by atoms with Gasteiger partial charge in [-0.15, -0.1) is 0 Å². The van der Waals surface area contributed by atoms with E-state index in [1.54, 1.807) is 0 Å². The van der Waals surface area contributed by atoms with Crippen molar-refractivity contribution in [2.45, 2.75) is 37.8 Å². The molecule has 2 N–H and O–H groups in total. The molecule has 1 saturated heterocycles. The van der Waals surface area contributed by atoms with E-state index in [2.05, 4.69) is 9.80 Å². The quantitative estimate of drug-likeness (QED) is 0.768. The van der Waals surface area contributed by atoms with E-state index in [9.17, 15) is 0 Å². The maximum Gasteiger partial charge on any atom is 0.0870 e. The highest BCUT2D eigenvalue weighted by molar-refractivity contribution is 7.80. The van der Waals surface area contributed by atoms with Crippen LogP contribution in [0, 0.1) is 0 Å². The van der Waals surface area contributed by atoms with Crippen LogP contribution in [0.4, 0.5) is 0 Å². The van der Waals surface area contributed by atoms with E-state index in [0.29, 0.717) is 11.1 Å². The molecule has 1 aliphatic heterocycles. The second-order valence-electron chi connectivity index (χ2n) is 5.46. The molecule has 0 aromatic heterocycles. The summed E-state index contributed by atoms with van der Waals surface area (Å²) in [6.45, 7) is 5.24. The monoisotopic (exact) mass is 271 g/mol. The van der Waals surface area contributed by atoms with Gasteiger partial charge in [0.2, 0.25) is 0 Å². The van der Waals surface area contributed by atoms with Gasteiger partial charge >= 0.3 is 0 Å². The van der Waals surface area contributed by atoms with Gasteiger partial charge in [-0.1, -0.05) is 12.2 Å². The maximum absolute atomic E-state index is 5.60. The fraction of sp³-hybridized carbons (Fsp3) is 0.923. The molecule has 0 spiro atoms. The Morgan fingerprint density at radius 2 is 2.00 bits per heavy atom. The molecule has 0 aromatic carbocycles. The molecule has 5 heteroatoms. The lowest BCUT2D eigenvalue weighted by Crippen LogP contribution is -2.53. The van der Waals surface area contributed by atoms with Crippen LogP contribution in [-0.4, -0.2) is 66.8 Å². The fourth-order valence-corrected chi connectivity index (χ4v) is 3.36. The van der Waals surface area contributed by atoms with E-state index < -0.39 is 0 Å². The number of thiocarbonyl (C=S) groups is 1. The maximum atomic E-state index is 5.60. The number of nitrogens with zero attached hydrogens (tertiary/aromatic N) is 2. The van der Waals surface area contributed by atoms with Gasteiger partial charge in [0.15, 0.2) is 0 Å². The predicted octanol–water partition coefficient (Wildman–Crippen LogP) is 0.848. The lowest BCUT2D eigenvalue weighted by atomic mass is 9.91. The zero-order valence-electron chi connectivity index (χ0n) is 11.3. The van der Waals surface area contributed by atoms with E-state index in [4.69, 9.17) is 22.7 Å². The Hall–Kier alpha value is -0.230. The second-order valence-corrected chi connectivity index (χ2v) is 5.98. The lowest BCUT2D eigenvalue weighted by molar-refractivity contribution is 0.0136. The molecule has 0 amide bonds. The highest BCUT2D eigenvalue weighted by Crippen LogP contribution is 2.25. The number of piperazine rings is 1. The number of ether oxygens (including phenoxy) is 1. The number of hydrogen-bond acceptors (Lipinski definition) is 4. The van der Waals surface area contributed by atoms with Crippen LogP contribution < -0.4 is 5.73 Å². The smallest absolute Gasteiger partial charge is 0.0870 e. The molecule has 0 aromatic rings. The molecule has 1 saturated carbocycles. The van der Waals surface area contributed by atoms with Gasteiger partial charge in [0, 0.05) is 45.9 Å². The molecule has 2 aliphatic rings. The minimum atomic E-state index is 0.471. The summed E-state index contributed by atoms with van der Waals surface area (Å²) < 4.78 is 5.52. The third-order valence-corrected chi connectivity index (χ3v) is 4.36. The van der Waals surface area contributed by atoms with Crippen molar-refractivity contribution in [1.82, 2.24) is 9.80 Å². The summed E-state index contributed by atoms with van der Waals surface area (Å²) in [5.41, 5.74) is 5.60. The molecule has 2 atom stereocenters. The topological polar surface area (TPSA) is 41.7 Å². The van der Waals surface area contributed by atoms with Gasteiger partial charge in [0.1, 0.15) is 0 Å². The molecule has 1 aliphatic carbocycles. The Morgan fingerprint density at radius 3 is 2.61 bits per heavy atom. The summed E-state index contributed by atoms with van der Waals surface area (Å²) in [6.07, 6.45) is 5.53. The Balaban J connectivity index is 1.76. The summed E-state index contributed by atoms with van der Waals surface area (Å²) in [4.78, 5) is 5.59. The van der Waals surface area contributed by atoms with Crippen LogP contribution in [0.15, 0.2) is 0 Å². The van der Waals surface area contributed by atoms with Crippen molar-refractivity contribution in [1.29, 1.82) is 0 Å². The first-order chi connectivity index (χ1) is 8.69. The van der Waals surface area contributed by atoms with E-state index in [1.165, 1.54) is 25.7 Å². The van der Waals surface area contributed by atoms with Crippen molar-refractivity contribution in [3.05, 3.63) is 0 Å². The van der Waals surface area contributed by atoms with E-state index >= 15 is 0 Å². The number of rotatable bonds is 4. The summed E-state index contributed by atoms with van der Waals surface area (Å²) in [5, 5.41) is 0. The van der Waals surface area contributed by atoms with Crippen LogP contribution in [0.2, 0.25) is 0 Å². The molecule has 0 bridgehead atoms. The Bertz CT molecular complexity index is 279. The minimum absolute atomic E-state index is 0.471. The lowest BCUT2D eigenvalue weighted by Gasteiger charge is -2.42. The van der Waals surface area contributed by atoms with Crippen LogP contribution in [0.3, 0.4) is 0 Å². The molecule has 4 nitrogen and oxygen atoms in total. The van der Waals surface area contributed by atoms with Crippen molar-refractivity contribution in [2.24, 2.45) is 5.73 Å². The summed E-state index contributed by atoms with van der Waals surface area (Å²) in [7, 11) is 1.84. The van der Waals surface area contributed by atoms with Crippen LogP contribution >= 0.6 is 12.2 Å². The van der Waals surface area contributed by atoms with Crippen LogP contribution in [0.5, 0.6) is 0 Å².